The maximum atomic E-state index is 12.9. The van der Waals surface area contributed by atoms with E-state index in [4.69, 9.17) is 5.73 Å². The van der Waals surface area contributed by atoms with E-state index in [2.05, 4.69) is 10.3 Å². The van der Waals surface area contributed by atoms with E-state index in [0.29, 0.717) is 5.56 Å². The third-order valence-corrected chi connectivity index (χ3v) is 2.67. The minimum absolute atomic E-state index is 0.313. The highest BCUT2D eigenvalue weighted by atomic mass is 19.3. The van der Waals surface area contributed by atoms with E-state index < -0.39 is 24.9 Å². The van der Waals surface area contributed by atoms with E-state index in [-0.39, 0.29) is 0 Å². The third kappa shape index (κ3) is 3.23. The zero-order chi connectivity index (χ0) is 13.9. The summed E-state index contributed by atoms with van der Waals surface area (Å²) in [4.78, 5) is 15.9. The predicted octanol–water partition coefficient (Wildman–Crippen LogP) is 1.56. The molecule has 0 radical (unpaired) electrons. The van der Waals surface area contributed by atoms with Crippen molar-refractivity contribution in [1.82, 2.24) is 10.3 Å². The number of carbonyl (C=O) groups excluding carboxylic acids is 1. The smallest absolute Gasteiger partial charge is 0.277 e. The summed E-state index contributed by atoms with van der Waals surface area (Å²) in [5.41, 5.74) is 5.95. The lowest BCUT2D eigenvalue weighted by Gasteiger charge is -2.14. The molecule has 1 amide bonds. The molecule has 4 nitrogen and oxygen atoms in total. The molecular formula is C13H13F2N3O. The van der Waals surface area contributed by atoms with Gasteiger partial charge >= 0.3 is 0 Å². The molecule has 0 bridgehead atoms. The quantitative estimate of drug-likeness (QED) is 0.881. The summed E-state index contributed by atoms with van der Waals surface area (Å²) in [6.45, 7) is -1.57. The number of nitrogens with two attached hydrogens (primary N) is 1. The molecule has 1 heterocycles. The first-order valence-corrected chi connectivity index (χ1v) is 5.73. The fraction of sp³-hybridized carbons (Fsp3) is 0.231. The number of pyridine rings is 1. The number of nitrogens with one attached hydrogen (secondary N) is 1. The molecular weight excluding hydrogens is 252 g/mol. The highest BCUT2D eigenvalue weighted by Crippen LogP contribution is 2.14. The van der Waals surface area contributed by atoms with Gasteiger partial charge < -0.3 is 11.1 Å². The molecule has 2 aromatic rings. The number of benzene rings is 1. The summed E-state index contributed by atoms with van der Waals surface area (Å²) in [5.74, 6) is -3.65. The molecule has 1 aromatic carbocycles. The van der Waals surface area contributed by atoms with Crippen LogP contribution in [-0.2, 0) is 0 Å². The number of nitrogens with zero attached hydrogens (tertiary/aromatic N) is 1. The van der Waals surface area contributed by atoms with Gasteiger partial charge in [0.05, 0.1) is 18.6 Å². The summed E-state index contributed by atoms with van der Waals surface area (Å²) < 4.78 is 25.9. The SMILES string of the molecule is NCC(F)(F)CNC(=O)c1ccc2ncccc2c1. The van der Waals surface area contributed by atoms with Crippen LogP contribution in [0.1, 0.15) is 10.4 Å². The van der Waals surface area contributed by atoms with Crippen LogP contribution in [0.2, 0.25) is 0 Å². The van der Waals surface area contributed by atoms with E-state index in [1.54, 1.807) is 36.5 Å². The monoisotopic (exact) mass is 265 g/mol. The normalized spacial score (nSPS) is 11.5. The van der Waals surface area contributed by atoms with Crippen LogP contribution in [0, 0.1) is 0 Å². The number of alkyl halides is 2. The molecule has 0 aliphatic heterocycles. The van der Waals surface area contributed by atoms with Gasteiger partial charge in [-0.25, -0.2) is 8.78 Å². The van der Waals surface area contributed by atoms with Gasteiger partial charge in [-0.15, -0.1) is 0 Å². The lowest BCUT2D eigenvalue weighted by atomic mass is 10.1. The molecule has 0 spiro atoms. The lowest BCUT2D eigenvalue weighted by molar-refractivity contribution is 0.0118. The standard InChI is InChI=1S/C13H13F2N3O/c14-13(15,7-16)8-18-12(19)10-3-4-11-9(6-10)2-1-5-17-11/h1-6H,7-8,16H2,(H,18,19). The number of amides is 1. The Bertz CT molecular complexity index is 601. The number of hydrogen-bond acceptors (Lipinski definition) is 3. The van der Waals surface area contributed by atoms with Crippen LogP contribution in [0.15, 0.2) is 36.5 Å². The molecule has 0 aliphatic rings. The van der Waals surface area contributed by atoms with Gasteiger partial charge in [-0.05, 0) is 24.3 Å². The van der Waals surface area contributed by atoms with Gasteiger partial charge in [0.15, 0.2) is 0 Å². The first-order valence-electron chi connectivity index (χ1n) is 5.73. The highest BCUT2D eigenvalue weighted by molar-refractivity contribution is 5.97. The number of hydrogen-bond donors (Lipinski definition) is 2. The Hall–Kier alpha value is -2.08. The van der Waals surface area contributed by atoms with E-state index in [0.717, 1.165) is 10.9 Å². The van der Waals surface area contributed by atoms with Crippen molar-refractivity contribution < 1.29 is 13.6 Å². The Morgan fingerprint density at radius 1 is 1.37 bits per heavy atom. The van der Waals surface area contributed by atoms with Gasteiger partial charge in [0.1, 0.15) is 0 Å². The Kier molecular flexibility index (Phi) is 3.71. The van der Waals surface area contributed by atoms with E-state index in [1.807, 2.05) is 0 Å². The van der Waals surface area contributed by atoms with Gasteiger partial charge in [0.25, 0.3) is 11.8 Å². The lowest BCUT2D eigenvalue weighted by Crippen LogP contribution is -2.41. The summed E-state index contributed by atoms with van der Waals surface area (Å²) in [6.07, 6.45) is 1.64. The predicted molar refractivity (Wildman–Crippen MR) is 68.1 cm³/mol. The number of carbonyl (C=O) groups is 1. The van der Waals surface area contributed by atoms with Crippen LogP contribution in [-0.4, -0.2) is 29.9 Å². The minimum atomic E-state index is -3.09. The van der Waals surface area contributed by atoms with Crippen LogP contribution in [0.3, 0.4) is 0 Å². The second-order valence-corrected chi connectivity index (χ2v) is 4.15. The van der Waals surface area contributed by atoms with Gasteiger partial charge in [-0.2, -0.15) is 0 Å². The fourth-order valence-corrected chi connectivity index (χ4v) is 1.60. The number of fused-ring (bicyclic) bond motifs is 1. The van der Waals surface area contributed by atoms with Gasteiger partial charge in [0.2, 0.25) is 0 Å². The van der Waals surface area contributed by atoms with Crippen molar-refractivity contribution in [3.05, 3.63) is 42.1 Å². The first-order chi connectivity index (χ1) is 9.02. The van der Waals surface area contributed by atoms with Crippen molar-refractivity contribution in [2.24, 2.45) is 5.73 Å². The van der Waals surface area contributed by atoms with Crippen LogP contribution < -0.4 is 11.1 Å². The topological polar surface area (TPSA) is 68.0 Å². The fourth-order valence-electron chi connectivity index (χ4n) is 1.60. The molecule has 0 aliphatic carbocycles. The maximum absolute atomic E-state index is 12.9. The molecule has 6 heteroatoms. The Balaban J connectivity index is 2.13. The van der Waals surface area contributed by atoms with E-state index in [1.165, 1.54) is 0 Å². The largest absolute Gasteiger partial charge is 0.346 e. The summed E-state index contributed by atoms with van der Waals surface area (Å²) in [5, 5.41) is 2.94. The molecule has 1 aromatic heterocycles. The Morgan fingerprint density at radius 2 is 2.16 bits per heavy atom. The van der Waals surface area contributed by atoms with Crippen LogP contribution in [0.25, 0.3) is 10.9 Å². The van der Waals surface area contributed by atoms with Crippen molar-refractivity contribution in [2.45, 2.75) is 5.92 Å². The molecule has 2 rings (SSSR count). The number of rotatable bonds is 4. The van der Waals surface area contributed by atoms with Crippen LogP contribution >= 0.6 is 0 Å². The average molecular weight is 265 g/mol. The number of halogens is 2. The summed E-state index contributed by atoms with van der Waals surface area (Å²) in [6, 6.07) is 8.37. The van der Waals surface area contributed by atoms with Gasteiger partial charge in [-0.3, -0.25) is 9.78 Å². The van der Waals surface area contributed by atoms with E-state index >= 15 is 0 Å². The molecule has 0 atom stereocenters. The third-order valence-electron chi connectivity index (χ3n) is 2.67. The molecule has 0 unspecified atom stereocenters. The van der Waals surface area contributed by atoms with Crippen LogP contribution in [0.4, 0.5) is 8.78 Å². The second-order valence-electron chi connectivity index (χ2n) is 4.15. The molecule has 100 valence electrons. The summed E-state index contributed by atoms with van der Waals surface area (Å²) >= 11 is 0. The molecule has 0 fully saturated rings. The minimum Gasteiger partial charge on any atom is -0.346 e. The van der Waals surface area contributed by atoms with Crippen molar-refractivity contribution in [3.63, 3.8) is 0 Å². The van der Waals surface area contributed by atoms with Crippen molar-refractivity contribution in [2.75, 3.05) is 13.1 Å². The average Bonchev–Trinajstić information content (AvgIpc) is 2.44. The van der Waals surface area contributed by atoms with Gasteiger partial charge in [-0.1, -0.05) is 6.07 Å². The Morgan fingerprint density at radius 3 is 2.89 bits per heavy atom. The maximum Gasteiger partial charge on any atom is 0.277 e. The van der Waals surface area contributed by atoms with Crippen LogP contribution in [0.5, 0.6) is 0 Å². The van der Waals surface area contributed by atoms with Crippen molar-refractivity contribution in [1.29, 1.82) is 0 Å². The van der Waals surface area contributed by atoms with Crippen molar-refractivity contribution in [3.8, 4) is 0 Å². The van der Waals surface area contributed by atoms with Crippen molar-refractivity contribution >= 4 is 16.8 Å². The molecule has 0 saturated carbocycles. The second kappa shape index (κ2) is 5.27. The Labute approximate surface area is 108 Å². The first kappa shape index (κ1) is 13.4. The van der Waals surface area contributed by atoms with Gasteiger partial charge in [0, 0.05) is 17.1 Å². The highest BCUT2D eigenvalue weighted by Gasteiger charge is 2.27. The summed E-state index contributed by atoms with van der Waals surface area (Å²) in [7, 11) is 0. The molecule has 0 saturated heterocycles. The molecule has 3 N–H and O–H groups in total. The number of aromatic nitrogens is 1. The van der Waals surface area contributed by atoms with E-state index in [9.17, 15) is 13.6 Å². The molecule has 19 heavy (non-hydrogen) atoms. The zero-order valence-electron chi connectivity index (χ0n) is 10.1. The zero-order valence-corrected chi connectivity index (χ0v) is 10.1.